The number of carbonyl (C=O) groups excluding carboxylic acids is 1. The highest BCUT2D eigenvalue weighted by Crippen LogP contribution is 2.40. The number of fused-ring (bicyclic) bond motifs is 1. The Bertz CT molecular complexity index is 1220. The normalized spacial score (nSPS) is 13.3. The van der Waals surface area contributed by atoms with Crippen LogP contribution in [0.2, 0.25) is 0 Å². The number of aryl methyl sites for hydroxylation is 1. The Morgan fingerprint density at radius 2 is 1.90 bits per heavy atom. The molecule has 0 aromatic carbocycles. The molecule has 1 aliphatic carbocycles. The van der Waals surface area contributed by atoms with Crippen LogP contribution in [0, 0.1) is 6.92 Å². The molecule has 2 N–H and O–H groups in total. The molecule has 4 aromatic rings. The minimum absolute atomic E-state index is 0.145. The summed E-state index contributed by atoms with van der Waals surface area (Å²) < 4.78 is 1.72. The molecule has 1 aliphatic rings. The van der Waals surface area contributed by atoms with Gasteiger partial charge in [-0.05, 0) is 44.0 Å². The number of hydrogen-bond donors (Lipinski definition) is 2. The summed E-state index contributed by atoms with van der Waals surface area (Å²) in [5.41, 5.74) is 2.95. The van der Waals surface area contributed by atoms with Crippen LogP contribution in [0.15, 0.2) is 48.9 Å². The van der Waals surface area contributed by atoms with Gasteiger partial charge in [0.25, 0.3) is 5.91 Å². The van der Waals surface area contributed by atoms with Gasteiger partial charge in [-0.15, -0.1) is 0 Å². The molecule has 1 fully saturated rings. The quantitative estimate of drug-likeness (QED) is 0.447. The summed E-state index contributed by atoms with van der Waals surface area (Å²) in [6.45, 7) is 2.85. The van der Waals surface area contributed by atoms with E-state index in [1.165, 1.54) is 0 Å². The second-order valence-corrected chi connectivity index (χ2v) is 7.51. The van der Waals surface area contributed by atoms with Crippen molar-refractivity contribution < 1.29 is 4.79 Å². The molecule has 0 aliphatic heterocycles. The van der Waals surface area contributed by atoms with E-state index in [2.05, 4.69) is 30.7 Å². The third-order valence-electron chi connectivity index (χ3n) is 5.20. The monoisotopic (exact) mass is 414 g/mol. The number of nitrogens with zero attached hydrogens (tertiary/aromatic N) is 6. The molecule has 0 saturated heterocycles. The van der Waals surface area contributed by atoms with E-state index >= 15 is 0 Å². The average molecular weight is 414 g/mol. The SMILES string of the molecule is Cc1nn(-c2ccccn2)c2nc(C3CC3)cc(C(=O)NCCNc3ncccn3)c12. The van der Waals surface area contributed by atoms with Crippen molar-refractivity contribution in [2.24, 2.45) is 0 Å². The van der Waals surface area contributed by atoms with Gasteiger partial charge >= 0.3 is 0 Å². The van der Waals surface area contributed by atoms with E-state index in [4.69, 9.17) is 4.98 Å². The van der Waals surface area contributed by atoms with E-state index in [1.807, 2.05) is 31.2 Å². The number of carbonyl (C=O) groups is 1. The van der Waals surface area contributed by atoms with Gasteiger partial charge in [0, 0.05) is 43.3 Å². The Balaban J connectivity index is 1.43. The van der Waals surface area contributed by atoms with Crippen molar-refractivity contribution in [2.45, 2.75) is 25.7 Å². The molecule has 4 heterocycles. The molecule has 0 unspecified atom stereocenters. The number of pyridine rings is 2. The van der Waals surface area contributed by atoms with Crippen molar-refractivity contribution in [2.75, 3.05) is 18.4 Å². The Morgan fingerprint density at radius 3 is 2.65 bits per heavy atom. The van der Waals surface area contributed by atoms with Crippen LogP contribution in [0.25, 0.3) is 16.9 Å². The van der Waals surface area contributed by atoms with Gasteiger partial charge in [0.05, 0.1) is 16.6 Å². The van der Waals surface area contributed by atoms with E-state index < -0.39 is 0 Å². The predicted molar refractivity (Wildman–Crippen MR) is 116 cm³/mol. The lowest BCUT2D eigenvalue weighted by molar-refractivity contribution is 0.0956. The van der Waals surface area contributed by atoms with Crippen LogP contribution in [0.5, 0.6) is 0 Å². The molecule has 0 radical (unpaired) electrons. The van der Waals surface area contributed by atoms with Gasteiger partial charge in [-0.2, -0.15) is 9.78 Å². The fourth-order valence-electron chi connectivity index (χ4n) is 3.55. The van der Waals surface area contributed by atoms with E-state index in [-0.39, 0.29) is 5.91 Å². The molecule has 4 aromatic heterocycles. The minimum atomic E-state index is -0.145. The lowest BCUT2D eigenvalue weighted by Crippen LogP contribution is -2.29. The minimum Gasteiger partial charge on any atom is -0.352 e. The maximum absolute atomic E-state index is 13.1. The molecule has 0 atom stereocenters. The predicted octanol–water partition coefficient (Wildman–Crippen LogP) is 2.63. The fourth-order valence-corrected chi connectivity index (χ4v) is 3.55. The summed E-state index contributed by atoms with van der Waals surface area (Å²) >= 11 is 0. The van der Waals surface area contributed by atoms with E-state index in [0.29, 0.717) is 42.0 Å². The molecule has 1 saturated carbocycles. The van der Waals surface area contributed by atoms with Crippen molar-refractivity contribution >= 4 is 22.9 Å². The Kier molecular flexibility index (Phi) is 4.99. The maximum Gasteiger partial charge on any atom is 0.252 e. The van der Waals surface area contributed by atoms with Crippen LogP contribution in [0.1, 0.15) is 40.5 Å². The third-order valence-corrected chi connectivity index (χ3v) is 5.20. The lowest BCUT2D eigenvalue weighted by atomic mass is 10.1. The number of hydrogen-bond acceptors (Lipinski definition) is 7. The summed E-state index contributed by atoms with van der Waals surface area (Å²) in [6, 6.07) is 9.33. The molecule has 0 spiro atoms. The smallest absolute Gasteiger partial charge is 0.252 e. The molecular formula is C22H22N8O. The van der Waals surface area contributed by atoms with Gasteiger partial charge in [0.15, 0.2) is 11.5 Å². The largest absolute Gasteiger partial charge is 0.352 e. The highest BCUT2D eigenvalue weighted by Gasteiger charge is 2.29. The summed E-state index contributed by atoms with van der Waals surface area (Å²) in [6.07, 6.45) is 7.25. The molecule has 31 heavy (non-hydrogen) atoms. The fraction of sp³-hybridized carbons (Fsp3) is 0.273. The van der Waals surface area contributed by atoms with Crippen LogP contribution >= 0.6 is 0 Å². The Labute approximate surface area is 179 Å². The van der Waals surface area contributed by atoms with Crippen molar-refractivity contribution in [3.05, 3.63) is 65.9 Å². The molecule has 156 valence electrons. The van der Waals surface area contributed by atoms with Gasteiger partial charge in [0.1, 0.15) is 0 Å². The van der Waals surface area contributed by atoms with Gasteiger partial charge < -0.3 is 10.6 Å². The molecule has 1 amide bonds. The van der Waals surface area contributed by atoms with Crippen LogP contribution < -0.4 is 10.6 Å². The van der Waals surface area contributed by atoms with Gasteiger partial charge in [-0.25, -0.2) is 19.9 Å². The van der Waals surface area contributed by atoms with Crippen LogP contribution in [-0.2, 0) is 0 Å². The number of amides is 1. The molecule has 5 rings (SSSR count). The maximum atomic E-state index is 13.1. The number of aromatic nitrogens is 6. The second kappa shape index (κ2) is 8.10. The van der Waals surface area contributed by atoms with Crippen molar-refractivity contribution in [1.29, 1.82) is 0 Å². The van der Waals surface area contributed by atoms with Crippen LogP contribution in [0.3, 0.4) is 0 Å². The summed E-state index contributed by atoms with van der Waals surface area (Å²) in [5.74, 6) is 1.47. The Hall–Kier alpha value is -3.88. The number of nitrogens with one attached hydrogen (secondary N) is 2. The summed E-state index contributed by atoms with van der Waals surface area (Å²) in [4.78, 5) is 30.6. The summed E-state index contributed by atoms with van der Waals surface area (Å²) in [5, 5.41) is 11.5. The highest BCUT2D eigenvalue weighted by atomic mass is 16.1. The van der Waals surface area contributed by atoms with E-state index in [9.17, 15) is 4.79 Å². The van der Waals surface area contributed by atoms with Crippen LogP contribution in [0.4, 0.5) is 5.95 Å². The zero-order chi connectivity index (χ0) is 21.2. The van der Waals surface area contributed by atoms with Gasteiger partial charge in [0.2, 0.25) is 5.95 Å². The van der Waals surface area contributed by atoms with Crippen molar-refractivity contribution in [1.82, 2.24) is 35.0 Å². The Morgan fingerprint density at radius 1 is 1.10 bits per heavy atom. The molecule has 9 heteroatoms. The van der Waals surface area contributed by atoms with Gasteiger partial charge in [-0.1, -0.05) is 6.07 Å². The first kappa shape index (κ1) is 19.1. The number of anilines is 1. The van der Waals surface area contributed by atoms with Crippen molar-refractivity contribution in [3.8, 4) is 5.82 Å². The third kappa shape index (κ3) is 3.94. The molecule has 9 nitrogen and oxygen atoms in total. The lowest BCUT2D eigenvalue weighted by Gasteiger charge is -2.10. The highest BCUT2D eigenvalue weighted by molar-refractivity contribution is 6.06. The first-order valence-electron chi connectivity index (χ1n) is 10.3. The molecular weight excluding hydrogens is 392 g/mol. The van der Waals surface area contributed by atoms with Crippen LogP contribution in [-0.4, -0.2) is 48.7 Å². The standard InChI is InChI=1S/C22H22N8O/c1-14-19-16(21(31)24-11-12-27-22-25-9-4-10-26-22)13-17(15-6-7-15)28-20(19)30(29-14)18-5-2-3-8-23-18/h2-5,8-10,13,15H,6-7,11-12H2,1H3,(H,24,31)(H,25,26,27). The average Bonchev–Trinajstić information content (AvgIpc) is 3.61. The van der Waals surface area contributed by atoms with E-state index in [0.717, 1.165) is 29.6 Å². The number of rotatable bonds is 7. The second-order valence-electron chi connectivity index (χ2n) is 7.51. The first-order chi connectivity index (χ1) is 15.2. The van der Waals surface area contributed by atoms with Crippen molar-refractivity contribution in [3.63, 3.8) is 0 Å². The topological polar surface area (TPSA) is 111 Å². The van der Waals surface area contributed by atoms with E-state index in [1.54, 1.807) is 29.3 Å². The first-order valence-corrected chi connectivity index (χ1v) is 10.3. The summed E-state index contributed by atoms with van der Waals surface area (Å²) in [7, 11) is 0. The van der Waals surface area contributed by atoms with Gasteiger partial charge in [-0.3, -0.25) is 4.79 Å². The molecule has 0 bridgehead atoms. The zero-order valence-electron chi connectivity index (χ0n) is 17.1. The zero-order valence-corrected chi connectivity index (χ0v) is 17.1.